The minimum Gasteiger partial charge on any atom is -0.351 e. The van der Waals surface area contributed by atoms with Gasteiger partial charge in [0.2, 0.25) is 0 Å². The SMILES string of the molecule is CCN(c1cc([N+](=O)[O-])ccn1)C1CNC1. The van der Waals surface area contributed by atoms with Crippen LogP contribution in [-0.2, 0) is 0 Å². The molecule has 16 heavy (non-hydrogen) atoms. The lowest BCUT2D eigenvalue weighted by atomic mass is 10.1. The second-order valence-corrected chi connectivity index (χ2v) is 3.73. The van der Waals surface area contributed by atoms with Crippen LogP contribution in [0.5, 0.6) is 0 Å². The highest BCUT2D eigenvalue weighted by Gasteiger charge is 2.25. The van der Waals surface area contributed by atoms with Gasteiger partial charge in [-0.2, -0.15) is 0 Å². The maximum absolute atomic E-state index is 10.7. The van der Waals surface area contributed by atoms with Gasteiger partial charge in [0.15, 0.2) is 0 Å². The quantitative estimate of drug-likeness (QED) is 0.602. The largest absolute Gasteiger partial charge is 0.351 e. The first kappa shape index (κ1) is 10.8. The molecule has 6 heteroatoms. The smallest absolute Gasteiger partial charge is 0.274 e. The molecule has 0 saturated carbocycles. The van der Waals surface area contributed by atoms with Gasteiger partial charge in [-0.1, -0.05) is 0 Å². The molecular formula is C10H14N4O2. The van der Waals surface area contributed by atoms with Crippen LogP contribution < -0.4 is 10.2 Å². The van der Waals surface area contributed by atoms with Crippen molar-refractivity contribution in [3.05, 3.63) is 28.4 Å². The molecule has 0 aliphatic carbocycles. The molecule has 0 bridgehead atoms. The first-order chi connectivity index (χ1) is 7.72. The minimum atomic E-state index is -0.391. The van der Waals surface area contributed by atoms with Gasteiger partial charge in [-0.05, 0) is 6.92 Å². The maximum atomic E-state index is 10.7. The second kappa shape index (κ2) is 4.44. The van der Waals surface area contributed by atoms with E-state index in [4.69, 9.17) is 0 Å². The Balaban J connectivity index is 2.23. The fraction of sp³-hybridized carbons (Fsp3) is 0.500. The summed E-state index contributed by atoms with van der Waals surface area (Å²) in [6.45, 7) is 4.66. The highest BCUT2D eigenvalue weighted by atomic mass is 16.6. The molecule has 86 valence electrons. The van der Waals surface area contributed by atoms with Gasteiger partial charge in [0.1, 0.15) is 5.82 Å². The Morgan fingerprint density at radius 1 is 1.69 bits per heavy atom. The third-order valence-electron chi connectivity index (χ3n) is 2.78. The molecule has 1 N–H and O–H groups in total. The van der Waals surface area contributed by atoms with Crippen molar-refractivity contribution in [1.29, 1.82) is 0 Å². The molecule has 1 aromatic heterocycles. The van der Waals surface area contributed by atoms with E-state index in [9.17, 15) is 10.1 Å². The van der Waals surface area contributed by atoms with E-state index >= 15 is 0 Å². The van der Waals surface area contributed by atoms with Gasteiger partial charge in [0.25, 0.3) is 5.69 Å². The van der Waals surface area contributed by atoms with Crippen molar-refractivity contribution in [2.24, 2.45) is 0 Å². The maximum Gasteiger partial charge on any atom is 0.274 e. The molecule has 1 aromatic rings. The van der Waals surface area contributed by atoms with Crippen LogP contribution in [0.4, 0.5) is 11.5 Å². The van der Waals surface area contributed by atoms with Crippen molar-refractivity contribution < 1.29 is 4.92 Å². The Kier molecular flexibility index (Phi) is 3.00. The molecule has 0 radical (unpaired) electrons. The molecule has 2 rings (SSSR count). The van der Waals surface area contributed by atoms with Crippen molar-refractivity contribution in [1.82, 2.24) is 10.3 Å². The van der Waals surface area contributed by atoms with Gasteiger partial charge in [0, 0.05) is 31.9 Å². The van der Waals surface area contributed by atoms with Crippen LogP contribution in [0.3, 0.4) is 0 Å². The average Bonchev–Trinajstić information content (AvgIpc) is 2.23. The molecule has 0 aromatic carbocycles. The first-order valence-electron chi connectivity index (χ1n) is 5.30. The molecule has 1 saturated heterocycles. The number of likely N-dealkylation sites (N-methyl/N-ethyl adjacent to an activating group) is 1. The van der Waals surface area contributed by atoms with Crippen LogP contribution in [0.1, 0.15) is 6.92 Å². The van der Waals surface area contributed by atoms with E-state index in [1.807, 2.05) is 6.92 Å². The Bertz CT molecular complexity index is 392. The molecule has 1 fully saturated rings. The Labute approximate surface area is 93.4 Å². The molecular weight excluding hydrogens is 208 g/mol. The van der Waals surface area contributed by atoms with Crippen molar-refractivity contribution in [3.8, 4) is 0 Å². The Hall–Kier alpha value is -1.69. The topological polar surface area (TPSA) is 71.3 Å². The second-order valence-electron chi connectivity index (χ2n) is 3.73. The van der Waals surface area contributed by atoms with Crippen LogP contribution in [0.15, 0.2) is 18.3 Å². The standard InChI is InChI=1S/C10H14N4O2/c1-2-13(9-6-11-7-9)10-5-8(14(15)16)3-4-12-10/h3-5,9,11H,2,6-7H2,1H3. The Morgan fingerprint density at radius 2 is 2.44 bits per heavy atom. The number of rotatable bonds is 4. The lowest BCUT2D eigenvalue weighted by molar-refractivity contribution is -0.384. The van der Waals surface area contributed by atoms with Crippen molar-refractivity contribution in [2.45, 2.75) is 13.0 Å². The lowest BCUT2D eigenvalue weighted by Crippen LogP contribution is -2.57. The number of nitrogens with zero attached hydrogens (tertiary/aromatic N) is 3. The van der Waals surface area contributed by atoms with Gasteiger partial charge in [-0.25, -0.2) is 4.98 Å². The molecule has 0 amide bonds. The third-order valence-corrected chi connectivity index (χ3v) is 2.78. The summed E-state index contributed by atoms with van der Waals surface area (Å²) >= 11 is 0. The number of nitrogens with one attached hydrogen (secondary N) is 1. The number of pyridine rings is 1. The normalized spacial score (nSPS) is 15.6. The zero-order chi connectivity index (χ0) is 11.5. The molecule has 0 unspecified atom stereocenters. The van der Waals surface area contributed by atoms with Crippen molar-refractivity contribution >= 4 is 11.5 Å². The lowest BCUT2D eigenvalue weighted by Gasteiger charge is -2.38. The molecule has 2 heterocycles. The van der Waals surface area contributed by atoms with Gasteiger partial charge < -0.3 is 10.2 Å². The summed E-state index contributed by atoms with van der Waals surface area (Å²) in [4.78, 5) is 16.5. The number of nitro groups is 1. The number of hydrogen-bond donors (Lipinski definition) is 1. The monoisotopic (exact) mass is 222 g/mol. The fourth-order valence-corrected chi connectivity index (χ4v) is 1.78. The summed E-state index contributed by atoms with van der Waals surface area (Å²) in [6.07, 6.45) is 1.49. The van der Waals surface area contributed by atoms with E-state index in [-0.39, 0.29) is 5.69 Å². The number of anilines is 1. The van der Waals surface area contributed by atoms with E-state index in [0.717, 1.165) is 19.6 Å². The first-order valence-corrected chi connectivity index (χ1v) is 5.30. The van der Waals surface area contributed by atoms with E-state index in [1.165, 1.54) is 18.3 Å². The van der Waals surface area contributed by atoms with Crippen molar-refractivity contribution in [3.63, 3.8) is 0 Å². The Morgan fingerprint density at radius 3 is 2.94 bits per heavy atom. The fourth-order valence-electron chi connectivity index (χ4n) is 1.78. The van der Waals surface area contributed by atoms with Crippen molar-refractivity contribution in [2.75, 3.05) is 24.5 Å². The minimum absolute atomic E-state index is 0.0933. The van der Waals surface area contributed by atoms with Gasteiger partial charge >= 0.3 is 0 Å². The van der Waals surface area contributed by atoms with E-state index in [1.54, 1.807) is 0 Å². The predicted molar refractivity (Wildman–Crippen MR) is 60.6 cm³/mol. The van der Waals surface area contributed by atoms with Crippen LogP contribution in [0, 0.1) is 10.1 Å². The van der Waals surface area contributed by atoms with E-state index < -0.39 is 4.92 Å². The number of aromatic nitrogens is 1. The third kappa shape index (κ3) is 1.96. The predicted octanol–water partition coefficient (Wildman–Crippen LogP) is 0.788. The van der Waals surface area contributed by atoms with Gasteiger partial charge in [-0.3, -0.25) is 10.1 Å². The summed E-state index contributed by atoms with van der Waals surface area (Å²) in [5.74, 6) is 0.684. The summed E-state index contributed by atoms with van der Waals surface area (Å²) in [7, 11) is 0. The molecule has 6 nitrogen and oxygen atoms in total. The molecule has 0 spiro atoms. The van der Waals surface area contributed by atoms with E-state index in [2.05, 4.69) is 15.2 Å². The summed E-state index contributed by atoms with van der Waals surface area (Å²) < 4.78 is 0. The van der Waals surface area contributed by atoms with Crippen LogP contribution in [0.2, 0.25) is 0 Å². The zero-order valence-electron chi connectivity index (χ0n) is 9.09. The van der Waals surface area contributed by atoms with Gasteiger partial charge in [0.05, 0.1) is 17.0 Å². The summed E-state index contributed by atoms with van der Waals surface area (Å²) in [5, 5.41) is 13.8. The molecule has 1 aliphatic heterocycles. The highest BCUT2D eigenvalue weighted by Crippen LogP contribution is 2.20. The average molecular weight is 222 g/mol. The zero-order valence-corrected chi connectivity index (χ0v) is 9.09. The summed E-state index contributed by atoms with van der Waals surface area (Å²) in [5.41, 5.74) is 0.0933. The van der Waals surface area contributed by atoms with Crippen LogP contribution in [0.25, 0.3) is 0 Å². The number of hydrogen-bond acceptors (Lipinski definition) is 5. The summed E-state index contributed by atoms with van der Waals surface area (Å²) in [6, 6.07) is 3.34. The van der Waals surface area contributed by atoms with Crippen LogP contribution in [-0.4, -0.2) is 35.6 Å². The van der Waals surface area contributed by atoms with E-state index in [0.29, 0.717) is 11.9 Å². The molecule has 1 aliphatic rings. The van der Waals surface area contributed by atoms with Gasteiger partial charge in [-0.15, -0.1) is 0 Å². The highest BCUT2D eigenvalue weighted by molar-refractivity contribution is 5.48. The van der Waals surface area contributed by atoms with Crippen LogP contribution >= 0.6 is 0 Å². The molecule has 0 atom stereocenters.